The van der Waals surface area contributed by atoms with Crippen LogP contribution in [0.2, 0.25) is 0 Å². The molecule has 3 N–H and O–H groups in total. The molecule has 0 atom stereocenters. The number of aromatic nitrogens is 1. The van der Waals surface area contributed by atoms with Crippen LogP contribution in [-0.4, -0.2) is 24.7 Å². The predicted molar refractivity (Wildman–Crippen MR) is 84.9 cm³/mol. The third-order valence-electron chi connectivity index (χ3n) is 3.11. The number of nitrogen functional groups attached to an aromatic ring is 1. The predicted octanol–water partition coefficient (Wildman–Crippen LogP) is 3.29. The van der Waals surface area contributed by atoms with Crippen molar-refractivity contribution in [1.29, 1.82) is 0 Å². The summed E-state index contributed by atoms with van der Waals surface area (Å²) in [5.41, 5.74) is 7.46. The van der Waals surface area contributed by atoms with Crippen LogP contribution in [0.3, 0.4) is 0 Å². The van der Waals surface area contributed by atoms with Crippen LogP contribution in [0.1, 0.15) is 20.3 Å². The van der Waals surface area contributed by atoms with Crippen molar-refractivity contribution in [3.63, 3.8) is 0 Å². The second-order valence-electron chi connectivity index (χ2n) is 5.37. The summed E-state index contributed by atoms with van der Waals surface area (Å²) in [6.07, 6.45) is 1.11. The first-order chi connectivity index (χ1) is 9.65. The van der Waals surface area contributed by atoms with Crippen LogP contribution in [0.25, 0.3) is 10.9 Å². The molecule has 0 radical (unpaired) electrons. The summed E-state index contributed by atoms with van der Waals surface area (Å²) in [7, 11) is 0. The van der Waals surface area contributed by atoms with Crippen LogP contribution in [0.15, 0.2) is 30.3 Å². The van der Waals surface area contributed by atoms with E-state index in [-0.39, 0.29) is 0 Å². The monoisotopic (exact) mass is 273 g/mol. The van der Waals surface area contributed by atoms with Gasteiger partial charge in [0, 0.05) is 24.2 Å². The molecule has 4 nitrogen and oxygen atoms in total. The highest BCUT2D eigenvalue weighted by atomic mass is 16.5. The van der Waals surface area contributed by atoms with E-state index in [2.05, 4.69) is 24.1 Å². The zero-order valence-electron chi connectivity index (χ0n) is 12.2. The Morgan fingerprint density at radius 1 is 1.20 bits per heavy atom. The first kappa shape index (κ1) is 14.6. The van der Waals surface area contributed by atoms with Gasteiger partial charge in [-0.05, 0) is 42.7 Å². The molecule has 0 saturated heterocycles. The molecule has 1 heterocycles. The lowest BCUT2D eigenvalue weighted by Gasteiger charge is -2.09. The second-order valence-corrected chi connectivity index (χ2v) is 5.37. The van der Waals surface area contributed by atoms with E-state index in [1.165, 1.54) is 0 Å². The van der Waals surface area contributed by atoms with Crippen LogP contribution >= 0.6 is 0 Å². The molecule has 0 unspecified atom stereocenters. The Hall–Kier alpha value is -1.81. The normalized spacial score (nSPS) is 11.2. The molecule has 0 saturated carbocycles. The number of ether oxygens (including phenoxy) is 1. The molecule has 2 rings (SSSR count). The Bertz CT molecular complexity index is 554. The van der Waals surface area contributed by atoms with E-state index in [9.17, 15) is 0 Å². The molecule has 0 aliphatic heterocycles. The van der Waals surface area contributed by atoms with Gasteiger partial charge in [-0.3, -0.25) is 0 Å². The maximum absolute atomic E-state index is 5.75. The number of pyridine rings is 1. The number of anilines is 2. The quantitative estimate of drug-likeness (QED) is 0.600. The molecule has 20 heavy (non-hydrogen) atoms. The molecule has 0 amide bonds. The van der Waals surface area contributed by atoms with Gasteiger partial charge >= 0.3 is 0 Å². The van der Waals surface area contributed by atoms with Gasteiger partial charge in [-0.1, -0.05) is 13.8 Å². The summed E-state index contributed by atoms with van der Waals surface area (Å²) in [6.45, 7) is 6.70. The van der Waals surface area contributed by atoms with Gasteiger partial charge in [0.25, 0.3) is 0 Å². The summed E-state index contributed by atoms with van der Waals surface area (Å²) in [5.74, 6) is 1.56. The SMILES string of the molecule is CC(C)CCOCCNc1ccc2cc(N)ccc2n1. The van der Waals surface area contributed by atoms with Crippen molar-refractivity contribution in [2.24, 2.45) is 5.92 Å². The fourth-order valence-corrected chi connectivity index (χ4v) is 1.91. The number of rotatable bonds is 7. The lowest BCUT2D eigenvalue weighted by atomic mass is 10.1. The van der Waals surface area contributed by atoms with Crippen molar-refractivity contribution in [1.82, 2.24) is 4.98 Å². The summed E-state index contributed by atoms with van der Waals surface area (Å²) in [5, 5.41) is 4.33. The first-order valence-electron chi connectivity index (χ1n) is 7.13. The van der Waals surface area contributed by atoms with E-state index in [1.807, 2.05) is 30.3 Å². The Morgan fingerprint density at radius 3 is 2.85 bits per heavy atom. The van der Waals surface area contributed by atoms with Crippen molar-refractivity contribution < 1.29 is 4.74 Å². The molecule has 0 bridgehead atoms. The van der Waals surface area contributed by atoms with E-state index < -0.39 is 0 Å². The smallest absolute Gasteiger partial charge is 0.126 e. The Kier molecular flexibility index (Phi) is 5.18. The number of nitrogens with zero attached hydrogens (tertiary/aromatic N) is 1. The first-order valence-corrected chi connectivity index (χ1v) is 7.13. The van der Waals surface area contributed by atoms with Crippen molar-refractivity contribution in [2.75, 3.05) is 30.8 Å². The van der Waals surface area contributed by atoms with E-state index in [1.54, 1.807) is 0 Å². The lowest BCUT2D eigenvalue weighted by molar-refractivity contribution is 0.132. The highest BCUT2D eigenvalue weighted by molar-refractivity contribution is 5.83. The van der Waals surface area contributed by atoms with Crippen LogP contribution in [-0.2, 0) is 4.74 Å². The molecule has 2 aromatic rings. The third-order valence-corrected chi connectivity index (χ3v) is 3.11. The number of hydrogen-bond donors (Lipinski definition) is 2. The lowest BCUT2D eigenvalue weighted by Crippen LogP contribution is -2.11. The van der Waals surface area contributed by atoms with Gasteiger partial charge in [0.1, 0.15) is 5.82 Å². The number of benzene rings is 1. The summed E-state index contributed by atoms with van der Waals surface area (Å²) < 4.78 is 5.56. The minimum Gasteiger partial charge on any atom is -0.399 e. The van der Waals surface area contributed by atoms with Gasteiger partial charge in [-0.2, -0.15) is 0 Å². The fraction of sp³-hybridized carbons (Fsp3) is 0.438. The molecule has 1 aromatic heterocycles. The van der Waals surface area contributed by atoms with E-state index in [4.69, 9.17) is 10.5 Å². The van der Waals surface area contributed by atoms with Gasteiger partial charge in [0.05, 0.1) is 12.1 Å². The Labute approximate surface area is 120 Å². The highest BCUT2D eigenvalue weighted by Crippen LogP contribution is 2.17. The van der Waals surface area contributed by atoms with Gasteiger partial charge < -0.3 is 15.8 Å². The van der Waals surface area contributed by atoms with E-state index >= 15 is 0 Å². The van der Waals surface area contributed by atoms with Crippen LogP contribution < -0.4 is 11.1 Å². The van der Waals surface area contributed by atoms with Crippen LogP contribution in [0.4, 0.5) is 11.5 Å². The average Bonchev–Trinajstić information content (AvgIpc) is 2.42. The molecular weight excluding hydrogens is 250 g/mol. The molecule has 1 aromatic carbocycles. The van der Waals surface area contributed by atoms with Crippen molar-refractivity contribution in [3.05, 3.63) is 30.3 Å². The molecular formula is C16H23N3O. The molecule has 0 fully saturated rings. The number of hydrogen-bond acceptors (Lipinski definition) is 4. The van der Waals surface area contributed by atoms with Crippen molar-refractivity contribution in [3.8, 4) is 0 Å². The highest BCUT2D eigenvalue weighted by Gasteiger charge is 1.99. The van der Waals surface area contributed by atoms with Crippen molar-refractivity contribution >= 4 is 22.4 Å². The minimum atomic E-state index is 0.692. The minimum absolute atomic E-state index is 0.692. The van der Waals surface area contributed by atoms with Crippen LogP contribution in [0, 0.1) is 5.92 Å². The number of fused-ring (bicyclic) bond motifs is 1. The third kappa shape index (κ3) is 4.38. The van der Waals surface area contributed by atoms with Gasteiger partial charge in [0.15, 0.2) is 0 Å². The molecule has 0 aliphatic rings. The Balaban J connectivity index is 1.80. The largest absolute Gasteiger partial charge is 0.399 e. The van der Waals surface area contributed by atoms with E-state index in [0.717, 1.165) is 42.0 Å². The van der Waals surface area contributed by atoms with Gasteiger partial charge in [-0.15, -0.1) is 0 Å². The number of nitrogens with one attached hydrogen (secondary N) is 1. The van der Waals surface area contributed by atoms with Gasteiger partial charge in [-0.25, -0.2) is 4.98 Å². The van der Waals surface area contributed by atoms with Crippen molar-refractivity contribution in [2.45, 2.75) is 20.3 Å². The number of nitrogens with two attached hydrogens (primary N) is 1. The Morgan fingerprint density at radius 2 is 2.05 bits per heavy atom. The van der Waals surface area contributed by atoms with E-state index in [0.29, 0.717) is 12.5 Å². The maximum atomic E-state index is 5.75. The maximum Gasteiger partial charge on any atom is 0.126 e. The standard InChI is InChI=1S/C16H23N3O/c1-12(2)7-9-20-10-8-18-16-6-3-13-11-14(17)4-5-15(13)19-16/h3-6,11-12H,7-10,17H2,1-2H3,(H,18,19). The zero-order chi connectivity index (χ0) is 14.4. The summed E-state index contributed by atoms with van der Waals surface area (Å²) in [6, 6.07) is 9.74. The van der Waals surface area contributed by atoms with Gasteiger partial charge in [0.2, 0.25) is 0 Å². The second kappa shape index (κ2) is 7.10. The molecule has 0 spiro atoms. The van der Waals surface area contributed by atoms with Crippen LogP contribution in [0.5, 0.6) is 0 Å². The molecule has 108 valence electrons. The average molecular weight is 273 g/mol. The molecule has 4 heteroatoms. The zero-order valence-corrected chi connectivity index (χ0v) is 12.2. The summed E-state index contributed by atoms with van der Waals surface area (Å²) >= 11 is 0. The summed E-state index contributed by atoms with van der Waals surface area (Å²) in [4.78, 5) is 4.54. The molecule has 0 aliphatic carbocycles. The topological polar surface area (TPSA) is 60.2 Å². The fourth-order valence-electron chi connectivity index (χ4n) is 1.91.